The van der Waals surface area contributed by atoms with Crippen molar-refractivity contribution < 1.29 is 14.4 Å². The third-order valence-electron chi connectivity index (χ3n) is 4.61. The Morgan fingerprint density at radius 3 is 2.75 bits per heavy atom. The van der Waals surface area contributed by atoms with Crippen LogP contribution in [0.1, 0.15) is 30.1 Å². The van der Waals surface area contributed by atoms with E-state index in [1.54, 1.807) is 7.11 Å². The minimum absolute atomic E-state index is 0.270. The number of benzene rings is 1. The Kier molecular flexibility index (Phi) is 5.96. The van der Waals surface area contributed by atoms with Gasteiger partial charge in [0.05, 0.1) is 12.6 Å². The van der Waals surface area contributed by atoms with Crippen molar-refractivity contribution >= 4 is 0 Å². The Morgan fingerprint density at radius 1 is 1.29 bits per heavy atom. The number of methoxy groups -OCH3 is 1. The molecule has 1 N–H and O–H groups in total. The Hall–Kier alpha value is -1.76. The number of likely N-dealkylation sites (tertiary alicyclic amines) is 1. The van der Waals surface area contributed by atoms with Crippen molar-refractivity contribution in [2.24, 2.45) is 5.92 Å². The topological polar surface area (TPSA) is 71.6 Å². The normalized spacial score (nSPS) is 17.9. The molecule has 6 nitrogen and oxygen atoms in total. The molecule has 6 heteroatoms. The van der Waals surface area contributed by atoms with Gasteiger partial charge >= 0.3 is 0 Å². The molecule has 130 valence electrons. The second-order valence-electron chi connectivity index (χ2n) is 6.41. The van der Waals surface area contributed by atoms with Crippen molar-refractivity contribution in [3.63, 3.8) is 0 Å². The average Bonchev–Trinajstić information content (AvgIpc) is 3.04. The molecule has 2 aromatic rings. The molecule has 0 saturated carbocycles. The molecule has 1 aliphatic heterocycles. The number of hydrogen-bond acceptors (Lipinski definition) is 6. The Labute approximate surface area is 142 Å². The molecular weight excluding hydrogens is 306 g/mol. The molecule has 0 amide bonds. The molecular formula is C18H25N3O3. The molecule has 1 aromatic heterocycles. The number of hydrogen-bond donors (Lipinski definition) is 1. The van der Waals surface area contributed by atoms with Gasteiger partial charge in [-0.1, -0.05) is 35.5 Å². The van der Waals surface area contributed by atoms with E-state index in [9.17, 15) is 5.11 Å². The molecule has 1 aromatic carbocycles. The molecule has 0 bridgehead atoms. The zero-order valence-electron chi connectivity index (χ0n) is 14.1. The highest BCUT2D eigenvalue weighted by molar-refractivity contribution is 5.15. The minimum Gasteiger partial charge on any atom is -0.392 e. The molecule has 24 heavy (non-hydrogen) atoms. The van der Waals surface area contributed by atoms with E-state index in [1.165, 1.54) is 5.56 Å². The Balaban J connectivity index is 1.44. The van der Waals surface area contributed by atoms with Gasteiger partial charge in [0.2, 0.25) is 0 Å². The summed E-state index contributed by atoms with van der Waals surface area (Å²) in [6, 6.07) is 10.2. The van der Waals surface area contributed by atoms with Gasteiger partial charge in [-0.25, -0.2) is 0 Å². The van der Waals surface area contributed by atoms with Crippen molar-refractivity contribution in [1.29, 1.82) is 0 Å². The highest BCUT2D eigenvalue weighted by Crippen LogP contribution is 2.23. The van der Waals surface area contributed by atoms with Crippen LogP contribution in [0.3, 0.4) is 0 Å². The van der Waals surface area contributed by atoms with E-state index in [-0.39, 0.29) is 6.10 Å². The monoisotopic (exact) mass is 331 g/mol. The smallest absolute Gasteiger partial charge is 0.252 e. The van der Waals surface area contributed by atoms with Crippen LogP contribution in [0.15, 0.2) is 34.9 Å². The maximum absolute atomic E-state index is 10.5. The Morgan fingerprint density at radius 2 is 2.04 bits per heavy atom. The summed E-state index contributed by atoms with van der Waals surface area (Å²) in [6.45, 7) is 2.94. The fourth-order valence-electron chi connectivity index (χ4n) is 3.25. The fraction of sp³-hybridized carbons (Fsp3) is 0.556. The van der Waals surface area contributed by atoms with Crippen molar-refractivity contribution in [1.82, 2.24) is 15.0 Å². The number of nitrogens with zero attached hydrogens (tertiary/aromatic N) is 3. The van der Waals surface area contributed by atoms with Crippen LogP contribution in [0, 0.1) is 5.92 Å². The van der Waals surface area contributed by atoms with E-state index in [0.29, 0.717) is 30.8 Å². The maximum atomic E-state index is 10.5. The van der Waals surface area contributed by atoms with Crippen LogP contribution in [0.5, 0.6) is 0 Å². The summed E-state index contributed by atoms with van der Waals surface area (Å²) in [5.41, 5.74) is 1.20. The van der Waals surface area contributed by atoms with E-state index in [2.05, 4.69) is 27.2 Å². The number of aliphatic hydroxyl groups excluding tert-OH is 1. The third kappa shape index (κ3) is 4.63. The Bertz CT molecular complexity index is 609. The van der Waals surface area contributed by atoms with E-state index < -0.39 is 0 Å². The first-order chi connectivity index (χ1) is 11.7. The van der Waals surface area contributed by atoms with Gasteiger partial charge in [0.25, 0.3) is 5.89 Å². The van der Waals surface area contributed by atoms with Crippen LogP contribution in [0.25, 0.3) is 0 Å². The highest BCUT2D eigenvalue weighted by atomic mass is 16.5. The minimum atomic E-state index is -0.270. The lowest BCUT2D eigenvalue weighted by Crippen LogP contribution is -2.38. The van der Waals surface area contributed by atoms with Crippen LogP contribution < -0.4 is 0 Å². The molecule has 0 aliphatic carbocycles. The SMILES string of the molecule is COCc1nc(CN2CCC([C@H](O)Cc3ccccc3)CC2)no1. The van der Waals surface area contributed by atoms with Crippen molar-refractivity contribution in [2.75, 3.05) is 20.2 Å². The first-order valence-corrected chi connectivity index (χ1v) is 8.49. The van der Waals surface area contributed by atoms with Crippen molar-refractivity contribution in [3.05, 3.63) is 47.6 Å². The second-order valence-corrected chi connectivity index (χ2v) is 6.41. The van der Waals surface area contributed by atoms with Gasteiger partial charge in [-0.2, -0.15) is 4.98 Å². The largest absolute Gasteiger partial charge is 0.392 e. The third-order valence-corrected chi connectivity index (χ3v) is 4.61. The molecule has 3 rings (SSSR count). The van der Waals surface area contributed by atoms with Crippen LogP contribution in [0.2, 0.25) is 0 Å². The van der Waals surface area contributed by atoms with Crippen LogP contribution in [-0.2, 0) is 24.3 Å². The van der Waals surface area contributed by atoms with Crippen molar-refractivity contribution in [2.45, 2.75) is 38.5 Å². The molecule has 1 atom stereocenters. The molecule has 0 radical (unpaired) electrons. The molecule has 2 heterocycles. The summed E-state index contributed by atoms with van der Waals surface area (Å²) in [5.74, 6) is 1.57. The summed E-state index contributed by atoms with van der Waals surface area (Å²) in [6.07, 6.45) is 2.46. The first-order valence-electron chi connectivity index (χ1n) is 8.49. The number of ether oxygens (including phenoxy) is 1. The average molecular weight is 331 g/mol. The summed E-state index contributed by atoms with van der Waals surface area (Å²) in [5, 5.41) is 14.5. The molecule has 1 fully saturated rings. The standard InChI is InChI=1S/C18H25N3O3/c1-23-13-18-19-17(20-24-18)12-21-9-7-15(8-10-21)16(22)11-14-5-3-2-4-6-14/h2-6,15-16,22H,7-13H2,1H3/t16-/m1/s1. The van der Waals surface area contributed by atoms with E-state index >= 15 is 0 Å². The van der Waals surface area contributed by atoms with Gasteiger partial charge in [0.1, 0.15) is 6.61 Å². The lowest BCUT2D eigenvalue weighted by atomic mass is 9.88. The zero-order valence-corrected chi connectivity index (χ0v) is 14.1. The summed E-state index contributed by atoms with van der Waals surface area (Å²) >= 11 is 0. The van der Waals surface area contributed by atoms with Gasteiger partial charge in [-0.15, -0.1) is 0 Å². The molecule has 1 saturated heterocycles. The number of aromatic nitrogens is 2. The van der Waals surface area contributed by atoms with Crippen LogP contribution in [-0.4, -0.2) is 46.5 Å². The molecule has 0 spiro atoms. The fourth-order valence-corrected chi connectivity index (χ4v) is 3.25. The highest BCUT2D eigenvalue weighted by Gasteiger charge is 2.26. The number of piperidine rings is 1. The number of aliphatic hydroxyl groups is 1. The van der Waals surface area contributed by atoms with Crippen LogP contribution >= 0.6 is 0 Å². The first kappa shape index (κ1) is 17.1. The van der Waals surface area contributed by atoms with Gasteiger partial charge < -0.3 is 14.4 Å². The van der Waals surface area contributed by atoms with Crippen molar-refractivity contribution in [3.8, 4) is 0 Å². The quantitative estimate of drug-likeness (QED) is 0.837. The van der Waals surface area contributed by atoms with Gasteiger partial charge in [-0.05, 0) is 43.8 Å². The molecule has 0 unspecified atom stereocenters. The number of rotatable bonds is 7. The van der Waals surface area contributed by atoms with Gasteiger partial charge in [-0.3, -0.25) is 4.90 Å². The zero-order chi connectivity index (χ0) is 16.8. The van der Waals surface area contributed by atoms with Crippen LogP contribution in [0.4, 0.5) is 0 Å². The maximum Gasteiger partial charge on any atom is 0.252 e. The van der Waals surface area contributed by atoms with E-state index in [0.717, 1.165) is 32.4 Å². The predicted octanol–water partition coefficient (Wildman–Crippen LogP) is 2.03. The summed E-state index contributed by atoms with van der Waals surface area (Å²) in [4.78, 5) is 6.62. The predicted molar refractivity (Wildman–Crippen MR) is 89.2 cm³/mol. The summed E-state index contributed by atoms with van der Waals surface area (Å²) < 4.78 is 10.1. The lowest BCUT2D eigenvalue weighted by Gasteiger charge is -2.33. The van der Waals surface area contributed by atoms with E-state index in [4.69, 9.17) is 9.26 Å². The second kappa shape index (κ2) is 8.37. The lowest BCUT2D eigenvalue weighted by molar-refractivity contribution is 0.0567. The summed E-state index contributed by atoms with van der Waals surface area (Å²) in [7, 11) is 1.61. The van der Waals surface area contributed by atoms with Gasteiger partial charge in [0, 0.05) is 7.11 Å². The van der Waals surface area contributed by atoms with Gasteiger partial charge in [0.15, 0.2) is 5.82 Å². The van der Waals surface area contributed by atoms with E-state index in [1.807, 2.05) is 18.2 Å². The molecule has 1 aliphatic rings.